The molecule has 6 nitrogen and oxygen atoms in total. The third-order valence-corrected chi connectivity index (χ3v) is 3.02. The van der Waals surface area contributed by atoms with E-state index in [2.05, 4.69) is 10.1 Å². The maximum absolute atomic E-state index is 11.8. The molecule has 0 aliphatic carbocycles. The van der Waals surface area contributed by atoms with E-state index in [9.17, 15) is 9.90 Å². The van der Waals surface area contributed by atoms with Gasteiger partial charge in [-0.2, -0.15) is 0 Å². The Hall–Kier alpha value is -2.76. The lowest BCUT2D eigenvalue weighted by molar-refractivity contribution is 0.477. The van der Waals surface area contributed by atoms with Crippen LogP contribution >= 0.6 is 0 Å². The zero-order valence-corrected chi connectivity index (χ0v) is 10.2. The van der Waals surface area contributed by atoms with E-state index in [1.165, 1.54) is 4.68 Å². The van der Waals surface area contributed by atoms with Crippen LogP contribution in [0.1, 0.15) is 0 Å². The highest BCUT2D eigenvalue weighted by Gasteiger charge is 2.13. The number of aromatic hydroxyl groups is 1. The van der Waals surface area contributed by atoms with Crippen LogP contribution in [0.25, 0.3) is 22.3 Å². The highest BCUT2D eigenvalue weighted by atomic mass is 16.3. The minimum absolute atomic E-state index is 0.0966. The number of nitrogens with one attached hydrogen (secondary N) is 1. The van der Waals surface area contributed by atoms with E-state index in [-0.39, 0.29) is 11.3 Å². The summed E-state index contributed by atoms with van der Waals surface area (Å²) in [5.74, 6) is 0.0966. The average molecular weight is 256 g/mol. The molecule has 3 aromatic rings. The maximum atomic E-state index is 11.8. The van der Waals surface area contributed by atoms with Gasteiger partial charge in [0.2, 0.25) is 0 Å². The first-order valence-electron chi connectivity index (χ1n) is 5.71. The monoisotopic (exact) mass is 256 g/mol. The molecule has 19 heavy (non-hydrogen) atoms. The van der Waals surface area contributed by atoms with Crippen LogP contribution in [0.15, 0.2) is 35.1 Å². The molecule has 0 bridgehead atoms. The molecule has 0 saturated heterocycles. The molecule has 0 fully saturated rings. The summed E-state index contributed by atoms with van der Waals surface area (Å²) < 4.78 is 1.34. The summed E-state index contributed by atoms with van der Waals surface area (Å²) in [7, 11) is 1.61. The lowest BCUT2D eigenvalue weighted by Gasteiger charge is -2.06. The van der Waals surface area contributed by atoms with Crippen molar-refractivity contribution in [3.63, 3.8) is 0 Å². The predicted molar refractivity (Wildman–Crippen MR) is 72.8 cm³/mol. The average Bonchev–Trinajstić information content (AvgIpc) is 2.66. The van der Waals surface area contributed by atoms with Gasteiger partial charge < -0.3 is 10.8 Å². The molecule has 0 radical (unpaired) electrons. The second-order valence-electron chi connectivity index (χ2n) is 4.32. The lowest BCUT2D eigenvalue weighted by Crippen LogP contribution is -2.11. The van der Waals surface area contributed by atoms with Crippen molar-refractivity contribution < 1.29 is 5.11 Å². The number of para-hydroxylation sites is 1. The summed E-state index contributed by atoms with van der Waals surface area (Å²) in [5, 5.41) is 13.1. The number of aromatic nitrogens is 3. The van der Waals surface area contributed by atoms with Crippen LogP contribution in [-0.2, 0) is 7.05 Å². The Bertz CT molecular complexity index is 832. The molecular formula is C13H12N4O2. The maximum Gasteiger partial charge on any atom is 0.275 e. The second kappa shape index (κ2) is 3.88. The molecule has 3 rings (SSSR count). The Labute approximate surface area is 108 Å². The van der Waals surface area contributed by atoms with Crippen LogP contribution in [0.2, 0.25) is 0 Å². The summed E-state index contributed by atoms with van der Waals surface area (Å²) in [6.45, 7) is 0. The van der Waals surface area contributed by atoms with Gasteiger partial charge in [0.25, 0.3) is 5.56 Å². The van der Waals surface area contributed by atoms with E-state index in [1.807, 2.05) is 0 Å². The van der Waals surface area contributed by atoms with Crippen molar-refractivity contribution in [2.75, 3.05) is 5.73 Å². The van der Waals surface area contributed by atoms with E-state index in [4.69, 9.17) is 5.73 Å². The zero-order valence-electron chi connectivity index (χ0n) is 10.2. The van der Waals surface area contributed by atoms with Crippen molar-refractivity contribution in [1.29, 1.82) is 0 Å². The topological polar surface area (TPSA) is 96.9 Å². The van der Waals surface area contributed by atoms with Crippen molar-refractivity contribution in [3.8, 4) is 17.0 Å². The van der Waals surface area contributed by atoms with Gasteiger partial charge in [-0.15, -0.1) is 0 Å². The lowest BCUT2D eigenvalue weighted by atomic mass is 10.1. The largest absolute Gasteiger partial charge is 0.507 e. The van der Waals surface area contributed by atoms with Crippen molar-refractivity contribution in [3.05, 3.63) is 40.7 Å². The molecule has 4 N–H and O–H groups in total. The fourth-order valence-corrected chi connectivity index (χ4v) is 2.06. The fraction of sp³-hybridized carbons (Fsp3) is 0.0769. The molecule has 0 aliphatic rings. The molecule has 96 valence electrons. The standard InChI is InChI=1S/C13H12N4O2/c1-17-13(19)8-6-9(14)11(15-12(8)16-17)7-4-2-3-5-10(7)18/h2-6,18H,14H2,1H3,(H,15,16). The van der Waals surface area contributed by atoms with E-state index < -0.39 is 0 Å². The van der Waals surface area contributed by atoms with Crippen molar-refractivity contribution in [2.24, 2.45) is 7.05 Å². The number of anilines is 1. The molecule has 1 aromatic carbocycles. The number of hydrogen-bond donors (Lipinski definition) is 3. The Morgan fingerprint density at radius 2 is 2.11 bits per heavy atom. The van der Waals surface area contributed by atoms with Crippen molar-refractivity contribution >= 4 is 16.7 Å². The molecule has 0 spiro atoms. The molecule has 0 aliphatic heterocycles. The summed E-state index contributed by atoms with van der Waals surface area (Å²) >= 11 is 0. The third-order valence-electron chi connectivity index (χ3n) is 3.02. The molecular weight excluding hydrogens is 244 g/mol. The van der Waals surface area contributed by atoms with Gasteiger partial charge in [-0.05, 0) is 18.2 Å². The quantitative estimate of drug-likeness (QED) is 0.609. The van der Waals surface area contributed by atoms with Crippen LogP contribution in [0, 0.1) is 0 Å². The number of aromatic amines is 1. The van der Waals surface area contributed by atoms with Gasteiger partial charge in [-0.3, -0.25) is 14.6 Å². The number of hydrogen-bond acceptors (Lipinski definition) is 4. The Morgan fingerprint density at radius 1 is 1.37 bits per heavy atom. The number of nitrogens with zero attached hydrogens (tertiary/aromatic N) is 2. The van der Waals surface area contributed by atoms with Gasteiger partial charge in [0.05, 0.1) is 16.8 Å². The Kier molecular flexibility index (Phi) is 2.31. The molecule has 6 heteroatoms. The third kappa shape index (κ3) is 1.65. The minimum atomic E-state index is -0.182. The number of rotatable bonds is 1. The normalized spacial score (nSPS) is 11.0. The Balaban J connectivity index is 2.34. The SMILES string of the molecule is Cn1[nH]c2nc(-c3ccccc3O)c(N)cc2c1=O. The smallest absolute Gasteiger partial charge is 0.275 e. The summed E-state index contributed by atoms with van der Waals surface area (Å²) in [5.41, 5.74) is 7.53. The molecule has 2 heterocycles. The van der Waals surface area contributed by atoms with Gasteiger partial charge in [0.15, 0.2) is 5.65 Å². The highest BCUT2D eigenvalue weighted by molar-refractivity contribution is 5.87. The first kappa shape index (κ1) is 11.3. The number of nitrogen functional groups attached to an aromatic ring is 1. The zero-order chi connectivity index (χ0) is 13.6. The van der Waals surface area contributed by atoms with E-state index in [1.54, 1.807) is 37.4 Å². The van der Waals surface area contributed by atoms with E-state index in [0.29, 0.717) is 28.0 Å². The molecule has 0 atom stereocenters. The van der Waals surface area contributed by atoms with Crippen LogP contribution in [0.3, 0.4) is 0 Å². The summed E-state index contributed by atoms with van der Waals surface area (Å²) in [4.78, 5) is 16.1. The number of nitrogens with two attached hydrogens (primary N) is 1. The van der Waals surface area contributed by atoms with Crippen LogP contribution in [-0.4, -0.2) is 19.9 Å². The fourth-order valence-electron chi connectivity index (χ4n) is 2.06. The predicted octanol–water partition coefficient (Wildman–Crippen LogP) is 1.22. The number of benzene rings is 1. The molecule has 0 unspecified atom stereocenters. The van der Waals surface area contributed by atoms with Crippen LogP contribution < -0.4 is 11.3 Å². The highest BCUT2D eigenvalue weighted by Crippen LogP contribution is 2.32. The number of aryl methyl sites for hydroxylation is 1. The summed E-state index contributed by atoms with van der Waals surface area (Å²) in [6.07, 6.45) is 0. The first-order valence-corrected chi connectivity index (χ1v) is 5.71. The van der Waals surface area contributed by atoms with E-state index >= 15 is 0 Å². The number of phenols is 1. The molecule has 0 saturated carbocycles. The Morgan fingerprint density at radius 3 is 2.84 bits per heavy atom. The van der Waals surface area contributed by atoms with Crippen molar-refractivity contribution in [2.45, 2.75) is 0 Å². The molecule has 0 amide bonds. The van der Waals surface area contributed by atoms with Crippen LogP contribution in [0.4, 0.5) is 5.69 Å². The second-order valence-corrected chi connectivity index (χ2v) is 4.32. The number of fused-ring (bicyclic) bond motifs is 1. The van der Waals surface area contributed by atoms with Gasteiger partial charge in [0, 0.05) is 12.6 Å². The number of phenolic OH excluding ortho intramolecular Hbond substituents is 1. The van der Waals surface area contributed by atoms with Gasteiger partial charge >= 0.3 is 0 Å². The van der Waals surface area contributed by atoms with Crippen LogP contribution in [0.5, 0.6) is 5.75 Å². The first-order chi connectivity index (χ1) is 9.08. The summed E-state index contributed by atoms with van der Waals surface area (Å²) in [6, 6.07) is 8.37. The minimum Gasteiger partial charge on any atom is -0.507 e. The van der Waals surface area contributed by atoms with Gasteiger partial charge in [-0.25, -0.2) is 4.98 Å². The number of H-pyrrole nitrogens is 1. The van der Waals surface area contributed by atoms with Gasteiger partial charge in [0.1, 0.15) is 5.75 Å². The number of pyridine rings is 1. The van der Waals surface area contributed by atoms with Gasteiger partial charge in [-0.1, -0.05) is 12.1 Å². The molecule has 2 aromatic heterocycles. The van der Waals surface area contributed by atoms with Crippen molar-refractivity contribution in [1.82, 2.24) is 14.8 Å². The van der Waals surface area contributed by atoms with E-state index in [0.717, 1.165) is 0 Å².